The summed E-state index contributed by atoms with van der Waals surface area (Å²) < 4.78 is 13.6. The van der Waals surface area contributed by atoms with Gasteiger partial charge in [0, 0.05) is 24.1 Å². The van der Waals surface area contributed by atoms with Gasteiger partial charge in [-0.05, 0) is 11.6 Å². The molecule has 122 valence electrons. The number of aromatic nitrogens is 1. The predicted molar refractivity (Wildman–Crippen MR) is 88.6 cm³/mol. The van der Waals surface area contributed by atoms with Crippen molar-refractivity contribution in [3.8, 4) is 0 Å². The monoisotopic (exact) mass is 354 g/mol. The van der Waals surface area contributed by atoms with Crippen molar-refractivity contribution < 1.29 is 19.1 Å². The highest BCUT2D eigenvalue weighted by atomic mass is 32.2. The summed E-state index contributed by atoms with van der Waals surface area (Å²) in [4.78, 5) is 26.5. The first-order valence-electron chi connectivity index (χ1n) is 6.82. The summed E-state index contributed by atoms with van der Waals surface area (Å²) in [5.41, 5.74) is 0.837. The minimum absolute atomic E-state index is 0.0133. The van der Waals surface area contributed by atoms with Crippen LogP contribution in [0.2, 0.25) is 0 Å². The number of amides is 1. The molecular formula is C15H15FN2O3S2. The topological polar surface area (TPSA) is 79.3 Å². The largest absolute Gasteiger partial charge is 0.481 e. The zero-order valence-corrected chi connectivity index (χ0v) is 13.8. The number of benzene rings is 1. The molecule has 2 aromatic rings. The maximum atomic E-state index is 13.6. The first-order chi connectivity index (χ1) is 11.1. The van der Waals surface area contributed by atoms with Crippen molar-refractivity contribution >= 4 is 35.0 Å². The molecule has 1 heterocycles. The molecule has 0 unspecified atom stereocenters. The second-order valence-electron chi connectivity index (χ2n) is 4.60. The number of carbonyl (C=O) groups excluding carboxylic acids is 1. The fourth-order valence-electron chi connectivity index (χ4n) is 1.79. The van der Waals surface area contributed by atoms with E-state index >= 15 is 0 Å². The van der Waals surface area contributed by atoms with Gasteiger partial charge in [0.1, 0.15) is 11.5 Å². The van der Waals surface area contributed by atoms with E-state index in [4.69, 9.17) is 5.11 Å². The first-order valence-corrected chi connectivity index (χ1v) is 8.85. The third-order valence-electron chi connectivity index (χ3n) is 2.84. The highest BCUT2D eigenvalue weighted by molar-refractivity contribution is 7.99. The Kier molecular flexibility index (Phi) is 6.54. The van der Waals surface area contributed by atoms with E-state index in [1.807, 2.05) is 0 Å². The van der Waals surface area contributed by atoms with Crippen LogP contribution in [0, 0.1) is 5.82 Å². The summed E-state index contributed by atoms with van der Waals surface area (Å²) >= 11 is 2.54. The molecule has 0 saturated carbocycles. The lowest BCUT2D eigenvalue weighted by Gasteiger charge is -2.02. The molecule has 0 atom stereocenters. The second kappa shape index (κ2) is 8.64. The Labute approximate surface area is 140 Å². The van der Waals surface area contributed by atoms with E-state index in [9.17, 15) is 14.0 Å². The van der Waals surface area contributed by atoms with E-state index in [0.717, 1.165) is 0 Å². The first kappa shape index (κ1) is 17.4. The van der Waals surface area contributed by atoms with Gasteiger partial charge < -0.3 is 10.4 Å². The number of carboxylic acid groups (broad SMARTS) is 1. The average Bonchev–Trinajstić information content (AvgIpc) is 2.97. The quantitative estimate of drug-likeness (QED) is 0.712. The Bertz CT molecular complexity index is 691. The molecule has 5 nitrogen and oxygen atoms in total. The van der Waals surface area contributed by atoms with Crippen LogP contribution >= 0.6 is 23.1 Å². The van der Waals surface area contributed by atoms with Crippen molar-refractivity contribution in [1.29, 1.82) is 0 Å². The zero-order chi connectivity index (χ0) is 16.7. The molecule has 1 amide bonds. The lowest BCUT2D eigenvalue weighted by atomic mass is 10.1. The van der Waals surface area contributed by atoms with Crippen LogP contribution in [0.4, 0.5) is 4.39 Å². The summed E-state index contributed by atoms with van der Waals surface area (Å²) in [5.74, 6) is -0.941. The summed E-state index contributed by atoms with van der Waals surface area (Å²) in [6.45, 7) is 0.372. The van der Waals surface area contributed by atoms with Crippen molar-refractivity contribution in [2.45, 2.75) is 6.42 Å². The summed E-state index contributed by atoms with van der Waals surface area (Å²) in [7, 11) is 0. The van der Waals surface area contributed by atoms with E-state index in [1.165, 1.54) is 29.2 Å². The van der Waals surface area contributed by atoms with Crippen molar-refractivity contribution in [3.05, 3.63) is 51.7 Å². The van der Waals surface area contributed by atoms with Gasteiger partial charge in [-0.25, -0.2) is 9.37 Å². The molecule has 1 aromatic carbocycles. The van der Waals surface area contributed by atoms with Gasteiger partial charge in [0.2, 0.25) is 0 Å². The molecule has 0 saturated heterocycles. The molecule has 0 aliphatic carbocycles. The fourth-order valence-corrected chi connectivity index (χ4v) is 3.15. The molecule has 0 spiro atoms. The zero-order valence-electron chi connectivity index (χ0n) is 12.1. The maximum Gasteiger partial charge on any atom is 0.313 e. The molecule has 0 fully saturated rings. The number of carbonyl (C=O) groups is 2. The van der Waals surface area contributed by atoms with E-state index in [-0.39, 0.29) is 17.5 Å². The Hall–Kier alpha value is -1.93. The van der Waals surface area contributed by atoms with Crippen molar-refractivity contribution in [2.75, 3.05) is 18.1 Å². The van der Waals surface area contributed by atoms with E-state index < -0.39 is 5.97 Å². The van der Waals surface area contributed by atoms with Crippen molar-refractivity contribution in [2.24, 2.45) is 0 Å². The molecule has 0 aliphatic rings. The minimum atomic E-state index is -0.876. The smallest absolute Gasteiger partial charge is 0.313 e. The Morgan fingerprint density at radius 1 is 1.35 bits per heavy atom. The van der Waals surface area contributed by atoms with Crippen LogP contribution in [0.1, 0.15) is 21.1 Å². The predicted octanol–water partition coefficient (Wildman–Crippen LogP) is 2.42. The number of nitrogens with zero attached hydrogens (tertiary/aromatic N) is 1. The van der Waals surface area contributed by atoms with Crippen LogP contribution in [0.15, 0.2) is 29.6 Å². The van der Waals surface area contributed by atoms with E-state index in [2.05, 4.69) is 10.3 Å². The highest BCUT2D eigenvalue weighted by Gasteiger charge is 2.12. The van der Waals surface area contributed by atoms with Crippen LogP contribution < -0.4 is 5.32 Å². The van der Waals surface area contributed by atoms with Gasteiger partial charge in [0.15, 0.2) is 0 Å². The van der Waals surface area contributed by atoms with E-state index in [0.29, 0.717) is 35.0 Å². The van der Waals surface area contributed by atoms with Crippen molar-refractivity contribution in [3.63, 3.8) is 0 Å². The van der Waals surface area contributed by atoms with Gasteiger partial charge >= 0.3 is 5.97 Å². The lowest BCUT2D eigenvalue weighted by Crippen LogP contribution is -2.26. The summed E-state index contributed by atoms with van der Waals surface area (Å²) in [5, 5.41) is 13.5. The Morgan fingerprint density at radius 3 is 2.87 bits per heavy atom. The van der Waals surface area contributed by atoms with Gasteiger partial charge in [-0.1, -0.05) is 18.2 Å². The maximum absolute atomic E-state index is 13.6. The Balaban J connectivity index is 1.83. The minimum Gasteiger partial charge on any atom is -0.481 e. The third kappa shape index (κ3) is 5.65. The normalized spacial score (nSPS) is 10.5. The SMILES string of the molecule is O=C(O)CSCCNC(=O)c1csc(Cc2ccccc2F)n1. The van der Waals surface area contributed by atoms with Gasteiger partial charge in [0.25, 0.3) is 5.91 Å². The number of aliphatic carboxylic acids is 1. The number of halogens is 1. The number of rotatable bonds is 8. The van der Waals surface area contributed by atoms with Crippen LogP contribution in [-0.4, -0.2) is 40.0 Å². The molecule has 0 radical (unpaired) electrons. The van der Waals surface area contributed by atoms with Crippen LogP contribution in [0.5, 0.6) is 0 Å². The number of hydrogen-bond donors (Lipinski definition) is 2. The number of hydrogen-bond acceptors (Lipinski definition) is 5. The fraction of sp³-hybridized carbons (Fsp3) is 0.267. The molecule has 23 heavy (non-hydrogen) atoms. The lowest BCUT2D eigenvalue weighted by molar-refractivity contribution is -0.133. The molecule has 0 aliphatic heterocycles. The van der Waals surface area contributed by atoms with Gasteiger partial charge in [-0.3, -0.25) is 9.59 Å². The van der Waals surface area contributed by atoms with Gasteiger partial charge in [-0.2, -0.15) is 0 Å². The molecule has 2 rings (SSSR count). The number of thioether (sulfide) groups is 1. The van der Waals surface area contributed by atoms with Crippen LogP contribution in [-0.2, 0) is 11.2 Å². The second-order valence-corrected chi connectivity index (χ2v) is 6.64. The van der Waals surface area contributed by atoms with Gasteiger partial charge in [-0.15, -0.1) is 23.1 Å². The summed E-state index contributed by atoms with van der Waals surface area (Å²) in [6.07, 6.45) is 0.346. The highest BCUT2D eigenvalue weighted by Crippen LogP contribution is 2.17. The van der Waals surface area contributed by atoms with Crippen LogP contribution in [0.25, 0.3) is 0 Å². The molecule has 2 N–H and O–H groups in total. The summed E-state index contributed by atoms with van der Waals surface area (Å²) in [6, 6.07) is 6.47. The van der Waals surface area contributed by atoms with Crippen molar-refractivity contribution in [1.82, 2.24) is 10.3 Å². The van der Waals surface area contributed by atoms with Gasteiger partial charge in [0.05, 0.1) is 10.8 Å². The number of nitrogens with one attached hydrogen (secondary N) is 1. The average molecular weight is 354 g/mol. The Morgan fingerprint density at radius 2 is 2.13 bits per heavy atom. The standard InChI is InChI=1S/C15H15FN2O3S2/c16-11-4-2-1-3-10(11)7-13-18-12(8-23-13)15(21)17-5-6-22-9-14(19)20/h1-4,8H,5-7,9H2,(H,17,21)(H,19,20). The molecule has 1 aromatic heterocycles. The third-order valence-corrected chi connectivity index (χ3v) is 4.63. The molecule has 8 heteroatoms. The molecule has 0 bridgehead atoms. The molecular weight excluding hydrogens is 339 g/mol. The number of carboxylic acids is 1. The van der Waals surface area contributed by atoms with Crippen LogP contribution in [0.3, 0.4) is 0 Å². The van der Waals surface area contributed by atoms with E-state index in [1.54, 1.807) is 23.6 Å². The number of thiazole rings is 1.